The topological polar surface area (TPSA) is 34.6 Å². The van der Waals surface area contributed by atoms with Crippen molar-refractivity contribution in [1.82, 2.24) is 4.98 Å². The number of rotatable bonds is 8. The Morgan fingerprint density at radius 2 is 1.74 bits per heavy atom. The van der Waals surface area contributed by atoms with E-state index >= 15 is 0 Å². The maximum atomic E-state index is 6.17. The molecule has 19 heavy (non-hydrogen) atoms. The van der Waals surface area contributed by atoms with Crippen molar-refractivity contribution in [3.8, 4) is 0 Å². The first-order valence-electron chi connectivity index (χ1n) is 5.84. The highest BCUT2D eigenvalue weighted by atomic mass is 35.5. The fraction of sp³-hybridized carbons (Fsp3) is 0.583. The van der Waals surface area contributed by atoms with E-state index in [1.54, 1.807) is 20.3 Å². The third kappa shape index (κ3) is 5.32. The molecule has 1 heterocycles. The number of aromatic nitrogens is 1. The first kappa shape index (κ1) is 16.8. The van der Waals surface area contributed by atoms with Gasteiger partial charge in [-0.1, -0.05) is 34.8 Å². The van der Waals surface area contributed by atoms with Crippen LogP contribution in [0.3, 0.4) is 0 Å². The number of methoxy groups -OCH3 is 2. The number of ether oxygens (including phenoxy) is 2. The van der Waals surface area contributed by atoms with E-state index in [4.69, 9.17) is 44.3 Å². The predicted octanol–water partition coefficient (Wildman–Crippen LogP) is 3.53. The van der Waals surface area contributed by atoms with Crippen LogP contribution in [-0.4, -0.2) is 45.5 Å². The van der Waals surface area contributed by atoms with Crippen LogP contribution in [0.5, 0.6) is 0 Å². The van der Waals surface area contributed by atoms with Crippen LogP contribution in [0.15, 0.2) is 6.07 Å². The van der Waals surface area contributed by atoms with E-state index in [-0.39, 0.29) is 5.15 Å². The van der Waals surface area contributed by atoms with Crippen molar-refractivity contribution in [3.63, 3.8) is 0 Å². The molecule has 0 atom stereocenters. The van der Waals surface area contributed by atoms with Gasteiger partial charge in [-0.15, -0.1) is 0 Å². The molecule has 4 nitrogen and oxygen atoms in total. The second-order valence-corrected chi connectivity index (χ2v) is 5.07. The van der Waals surface area contributed by atoms with Gasteiger partial charge in [-0.3, -0.25) is 0 Å². The Morgan fingerprint density at radius 3 is 2.37 bits per heavy atom. The molecule has 7 heteroatoms. The molecule has 0 bridgehead atoms. The molecule has 0 fully saturated rings. The number of anilines is 1. The largest absolute Gasteiger partial charge is 0.385 e. The van der Waals surface area contributed by atoms with Gasteiger partial charge in [0.05, 0.1) is 16.7 Å². The molecule has 0 saturated carbocycles. The first-order chi connectivity index (χ1) is 9.10. The highest BCUT2D eigenvalue weighted by molar-refractivity contribution is 6.42. The molecule has 0 aliphatic carbocycles. The summed E-state index contributed by atoms with van der Waals surface area (Å²) < 4.78 is 10.1. The second-order valence-electron chi connectivity index (χ2n) is 3.89. The highest BCUT2D eigenvalue weighted by Gasteiger charge is 2.14. The number of nitrogens with zero attached hydrogens (tertiary/aromatic N) is 2. The van der Waals surface area contributed by atoms with Crippen LogP contribution in [-0.2, 0) is 9.47 Å². The van der Waals surface area contributed by atoms with Crippen molar-refractivity contribution in [2.24, 2.45) is 0 Å². The number of pyridine rings is 1. The molecule has 0 N–H and O–H groups in total. The van der Waals surface area contributed by atoms with Crippen molar-refractivity contribution < 1.29 is 9.47 Å². The van der Waals surface area contributed by atoms with Crippen LogP contribution in [0.1, 0.15) is 6.42 Å². The molecule has 1 rings (SSSR count). The van der Waals surface area contributed by atoms with E-state index in [1.807, 2.05) is 4.90 Å². The molecule has 0 amide bonds. The quantitative estimate of drug-likeness (QED) is 0.540. The van der Waals surface area contributed by atoms with Crippen molar-refractivity contribution in [2.75, 3.05) is 45.4 Å². The minimum absolute atomic E-state index is 0.246. The average Bonchev–Trinajstić information content (AvgIpc) is 2.38. The van der Waals surface area contributed by atoms with E-state index in [1.165, 1.54) is 0 Å². The molecule has 0 saturated heterocycles. The Balaban J connectivity index is 2.85. The van der Waals surface area contributed by atoms with Gasteiger partial charge in [-0.25, -0.2) is 4.98 Å². The SMILES string of the molecule is COCCCN(CCOC)c1nc(Cl)c(Cl)cc1Cl. The maximum absolute atomic E-state index is 6.17. The molecule has 0 spiro atoms. The van der Waals surface area contributed by atoms with E-state index in [0.717, 1.165) is 13.0 Å². The lowest BCUT2D eigenvalue weighted by molar-refractivity contribution is 0.191. The third-order valence-electron chi connectivity index (χ3n) is 2.51. The molecule has 108 valence electrons. The zero-order valence-electron chi connectivity index (χ0n) is 11.0. The van der Waals surface area contributed by atoms with Gasteiger partial charge < -0.3 is 14.4 Å². The molecule has 1 aromatic rings. The predicted molar refractivity (Wildman–Crippen MR) is 79.8 cm³/mol. The summed E-state index contributed by atoms with van der Waals surface area (Å²) in [4.78, 5) is 6.24. The Kier molecular flexibility index (Phi) is 7.80. The summed E-state index contributed by atoms with van der Waals surface area (Å²) in [6, 6.07) is 1.60. The number of hydrogen-bond acceptors (Lipinski definition) is 4. The van der Waals surface area contributed by atoms with Gasteiger partial charge in [-0.2, -0.15) is 0 Å². The lowest BCUT2D eigenvalue weighted by Crippen LogP contribution is -2.30. The lowest BCUT2D eigenvalue weighted by atomic mass is 10.3. The Bertz CT molecular complexity index is 405. The van der Waals surface area contributed by atoms with Crippen LogP contribution in [0.2, 0.25) is 15.2 Å². The molecule has 0 unspecified atom stereocenters. The van der Waals surface area contributed by atoms with E-state index in [2.05, 4.69) is 4.98 Å². The maximum Gasteiger partial charge on any atom is 0.150 e. The minimum atomic E-state index is 0.246. The lowest BCUT2D eigenvalue weighted by Gasteiger charge is -2.24. The Labute approximate surface area is 128 Å². The Hall–Kier alpha value is -0.260. The fourth-order valence-corrected chi connectivity index (χ4v) is 2.19. The van der Waals surface area contributed by atoms with Crippen LogP contribution >= 0.6 is 34.8 Å². The van der Waals surface area contributed by atoms with Crippen LogP contribution in [0.4, 0.5) is 5.82 Å². The van der Waals surface area contributed by atoms with Crippen molar-refractivity contribution >= 4 is 40.6 Å². The average molecular weight is 328 g/mol. The summed E-state index contributed by atoms with van der Waals surface area (Å²) in [5.74, 6) is 0.615. The molecule has 0 radical (unpaired) electrons. The summed E-state index contributed by atoms with van der Waals surface area (Å²) in [5, 5.41) is 1.07. The molecule has 0 aromatic carbocycles. The fourth-order valence-electron chi connectivity index (χ4n) is 1.58. The Morgan fingerprint density at radius 1 is 1.05 bits per heavy atom. The summed E-state index contributed by atoms with van der Waals surface area (Å²) >= 11 is 18.0. The summed E-state index contributed by atoms with van der Waals surface area (Å²) in [5.41, 5.74) is 0. The van der Waals surface area contributed by atoms with Gasteiger partial charge in [0.2, 0.25) is 0 Å². The van der Waals surface area contributed by atoms with Gasteiger partial charge in [0.25, 0.3) is 0 Å². The van der Waals surface area contributed by atoms with Crippen molar-refractivity contribution in [1.29, 1.82) is 0 Å². The van der Waals surface area contributed by atoms with E-state index in [9.17, 15) is 0 Å². The molecule has 1 aromatic heterocycles. The summed E-state index contributed by atoms with van der Waals surface area (Å²) in [6.45, 7) is 2.67. The molecular formula is C12H17Cl3N2O2. The van der Waals surface area contributed by atoms with Crippen LogP contribution in [0, 0.1) is 0 Å². The number of hydrogen-bond donors (Lipinski definition) is 0. The zero-order chi connectivity index (χ0) is 14.3. The van der Waals surface area contributed by atoms with Crippen LogP contribution < -0.4 is 4.90 Å². The minimum Gasteiger partial charge on any atom is -0.385 e. The van der Waals surface area contributed by atoms with Gasteiger partial charge in [0.15, 0.2) is 0 Å². The molecule has 0 aliphatic rings. The standard InChI is InChI=1S/C12H17Cl3N2O2/c1-18-6-3-4-17(5-7-19-2)12-10(14)8-9(13)11(15)16-12/h8H,3-7H2,1-2H3. The van der Waals surface area contributed by atoms with Gasteiger partial charge >= 0.3 is 0 Å². The number of halogens is 3. The summed E-state index contributed by atoms with van der Waals surface area (Å²) in [6.07, 6.45) is 0.860. The smallest absolute Gasteiger partial charge is 0.150 e. The zero-order valence-corrected chi connectivity index (χ0v) is 13.2. The molecular weight excluding hydrogens is 311 g/mol. The van der Waals surface area contributed by atoms with E-state index < -0.39 is 0 Å². The second kappa shape index (κ2) is 8.82. The van der Waals surface area contributed by atoms with Crippen LogP contribution in [0.25, 0.3) is 0 Å². The first-order valence-corrected chi connectivity index (χ1v) is 6.98. The summed E-state index contributed by atoms with van der Waals surface area (Å²) in [7, 11) is 3.32. The normalized spacial score (nSPS) is 10.8. The molecule has 0 aliphatic heterocycles. The monoisotopic (exact) mass is 326 g/mol. The van der Waals surface area contributed by atoms with Gasteiger partial charge in [0.1, 0.15) is 11.0 Å². The highest BCUT2D eigenvalue weighted by Crippen LogP contribution is 2.31. The van der Waals surface area contributed by atoms with E-state index in [0.29, 0.717) is 35.6 Å². The van der Waals surface area contributed by atoms with Gasteiger partial charge in [-0.05, 0) is 12.5 Å². The third-order valence-corrected chi connectivity index (χ3v) is 3.46. The van der Waals surface area contributed by atoms with Crippen molar-refractivity contribution in [2.45, 2.75) is 6.42 Å². The van der Waals surface area contributed by atoms with Crippen molar-refractivity contribution in [3.05, 3.63) is 21.3 Å². The van der Waals surface area contributed by atoms with Gasteiger partial charge in [0, 0.05) is 33.9 Å².